The zero-order valence-corrected chi connectivity index (χ0v) is 18.6. The minimum atomic E-state index is -4.18. The first-order valence-electron chi connectivity index (χ1n) is 11.0. The Morgan fingerprint density at radius 3 is 2.43 bits per heavy atom. The van der Waals surface area contributed by atoms with Gasteiger partial charge in [-0.3, -0.25) is 19.9 Å². The summed E-state index contributed by atoms with van der Waals surface area (Å²) < 4.78 is 40.3. The third-order valence-electron chi connectivity index (χ3n) is 7.72. The van der Waals surface area contributed by atoms with Crippen molar-refractivity contribution in [3.05, 3.63) is 0 Å². The molecule has 1 saturated carbocycles. The lowest BCUT2D eigenvalue weighted by Gasteiger charge is -2.44. The van der Waals surface area contributed by atoms with Gasteiger partial charge in [-0.2, -0.15) is 13.2 Å². The number of amides is 2. The molecule has 4 fully saturated rings. The minimum absolute atomic E-state index is 0.0264. The molecule has 2 amide bonds. The number of hydrazine groups is 1. The molecule has 3 saturated heterocycles. The highest BCUT2D eigenvalue weighted by molar-refractivity contribution is 9.10. The van der Waals surface area contributed by atoms with Gasteiger partial charge in [-0.05, 0) is 51.1 Å². The van der Waals surface area contributed by atoms with Gasteiger partial charge in [0.15, 0.2) is 0 Å². The predicted molar refractivity (Wildman–Crippen MR) is 109 cm³/mol. The topological polar surface area (TPSA) is 64.7 Å². The molecule has 10 heteroatoms. The van der Waals surface area contributed by atoms with Gasteiger partial charge in [-0.25, -0.2) is 5.43 Å². The molecule has 1 spiro atoms. The molecule has 4 unspecified atom stereocenters. The normalized spacial score (nSPS) is 35.7. The number of alkyl halides is 4. The highest BCUT2D eigenvalue weighted by atomic mass is 79.9. The highest BCUT2D eigenvalue weighted by Gasteiger charge is 2.52. The number of likely N-dealkylation sites (tertiary alicyclic amines) is 2. The van der Waals surface area contributed by atoms with E-state index in [9.17, 15) is 22.8 Å². The van der Waals surface area contributed by atoms with Gasteiger partial charge < -0.3 is 4.90 Å². The molecule has 30 heavy (non-hydrogen) atoms. The Bertz CT molecular complexity index is 669. The Kier molecular flexibility index (Phi) is 6.38. The van der Waals surface area contributed by atoms with Crippen molar-refractivity contribution in [2.75, 3.05) is 32.7 Å². The maximum absolute atomic E-state index is 13.4. The smallest absolute Gasteiger partial charge is 0.342 e. The summed E-state index contributed by atoms with van der Waals surface area (Å²) in [5.41, 5.74) is 5.09. The minimum Gasteiger partial charge on any atom is -0.342 e. The van der Waals surface area contributed by atoms with Crippen molar-refractivity contribution < 1.29 is 22.8 Å². The van der Waals surface area contributed by atoms with Crippen LogP contribution in [0.4, 0.5) is 13.2 Å². The molecule has 170 valence electrons. The first-order chi connectivity index (χ1) is 14.2. The van der Waals surface area contributed by atoms with E-state index < -0.39 is 23.4 Å². The van der Waals surface area contributed by atoms with Crippen LogP contribution in [0.2, 0.25) is 0 Å². The third kappa shape index (κ3) is 4.24. The van der Waals surface area contributed by atoms with Crippen LogP contribution in [-0.2, 0) is 9.59 Å². The standard InChI is InChI=1S/C20H30BrF3N4O2/c21-16-15(11-25-26-17(16)29)27-8-5-19(6-9-27)7-10-28(18(19)30)12-13-3-1-2-4-14(13)20(22,23)24/h13-16,25H,1-12H2,(H,26,29). The maximum Gasteiger partial charge on any atom is 0.392 e. The molecule has 4 atom stereocenters. The number of nitrogens with zero attached hydrogens (tertiary/aromatic N) is 2. The van der Waals surface area contributed by atoms with Crippen molar-refractivity contribution in [2.45, 2.75) is 62.0 Å². The molecule has 3 aliphatic heterocycles. The lowest BCUT2D eigenvalue weighted by molar-refractivity contribution is -0.198. The second-order valence-electron chi connectivity index (χ2n) is 9.35. The first-order valence-corrected chi connectivity index (χ1v) is 11.9. The zero-order chi connectivity index (χ0) is 21.5. The molecule has 0 radical (unpaired) electrons. The monoisotopic (exact) mass is 494 g/mol. The third-order valence-corrected chi connectivity index (χ3v) is 8.75. The summed E-state index contributed by atoms with van der Waals surface area (Å²) in [4.78, 5) is 28.8. The molecular weight excluding hydrogens is 465 g/mol. The van der Waals surface area contributed by atoms with Crippen LogP contribution in [0.1, 0.15) is 44.9 Å². The fourth-order valence-corrected chi connectivity index (χ4v) is 6.49. The number of rotatable bonds is 3. The van der Waals surface area contributed by atoms with Crippen LogP contribution in [0.3, 0.4) is 0 Å². The molecule has 0 aromatic rings. The van der Waals surface area contributed by atoms with E-state index in [0.29, 0.717) is 38.8 Å². The molecule has 1 aliphatic carbocycles. The molecule has 4 aliphatic rings. The second-order valence-corrected chi connectivity index (χ2v) is 10.3. The van der Waals surface area contributed by atoms with Gasteiger partial charge in [0, 0.05) is 25.7 Å². The van der Waals surface area contributed by atoms with Crippen molar-refractivity contribution in [1.29, 1.82) is 0 Å². The van der Waals surface area contributed by atoms with Gasteiger partial charge in [0.1, 0.15) is 4.83 Å². The molecule has 6 nitrogen and oxygen atoms in total. The van der Waals surface area contributed by atoms with Gasteiger partial charge in [0.2, 0.25) is 11.8 Å². The van der Waals surface area contributed by atoms with Gasteiger partial charge in [0.25, 0.3) is 0 Å². The Hall–Kier alpha value is -0.870. The molecule has 3 heterocycles. The largest absolute Gasteiger partial charge is 0.392 e. The number of hydrogen-bond donors (Lipinski definition) is 2. The molecule has 4 rings (SSSR count). The number of piperidine rings is 1. The molecule has 0 aromatic heterocycles. The van der Waals surface area contributed by atoms with Gasteiger partial charge >= 0.3 is 6.18 Å². The summed E-state index contributed by atoms with van der Waals surface area (Å²) in [5, 5.41) is 0. The molecular formula is C20H30BrF3N4O2. The first kappa shape index (κ1) is 22.3. The quantitative estimate of drug-likeness (QED) is 0.591. The Morgan fingerprint density at radius 2 is 1.73 bits per heavy atom. The van der Waals surface area contributed by atoms with Crippen molar-refractivity contribution in [2.24, 2.45) is 17.3 Å². The Labute approximate surface area is 183 Å². The zero-order valence-electron chi connectivity index (χ0n) is 17.0. The van der Waals surface area contributed by atoms with E-state index in [2.05, 4.69) is 31.7 Å². The summed E-state index contributed by atoms with van der Waals surface area (Å²) in [6.07, 6.45) is 0.132. The summed E-state index contributed by atoms with van der Waals surface area (Å²) >= 11 is 3.47. The van der Waals surface area contributed by atoms with Crippen molar-refractivity contribution in [1.82, 2.24) is 20.7 Å². The lowest BCUT2D eigenvalue weighted by Crippen LogP contribution is -2.63. The number of carbonyl (C=O) groups is 2. The molecule has 0 aromatic carbocycles. The average Bonchev–Trinajstić information content (AvgIpc) is 3.00. The van der Waals surface area contributed by atoms with E-state index in [1.165, 1.54) is 0 Å². The fourth-order valence-electron chi connectivity index (χ4n) is 5.86. The number of carbonyl (C=O) groups excluding carboxylic acids is 2. The lowest BCUT2D eigenvalue weighted by atomic mass is 9.76. The Morgan fingerprint density at radius 1 is 1.07 bits per heavy atom. The van der Waals surface area contributed by atoms with Gasteiger partial charge in [0.05, 0.1) is 11.3 Å². The van der Waals surface area contributed by atoms with Crippen LogP contribution < -0.4 is 10.9 Å². The predicted octanol–water partition coefficient (Wildman–Crippen LogP) is 2.44. The SMILES string of the molecule is O=C1NNCC(N2CCC3(CCN(CC4CCCCC4C(F)(F)F)C3=O)CC2)C1Br. The maximum atomic E-state index is 13.4. The Balaban J connectivity index is 1.36. The average molecular weight is 495 g/mol. The van der Waals surface area contributed by atoms with E-state index in [1.807, 2.05) is 0 Å². The van der Waals surface area contributed by atoms with Crippen LogP contribution in [-0.4, -0.2) is 71.4 Å². The number of hydrogen-bond acceptors (Lipinski definition) is 4. The van der Waals surface area contributed by atoms with Crippen molar-refractivity contribution >= 4 is 27.7 Å². The van der Waals surface area contributed by atoms with Crippen LogP contribution in [0.25, 0.3) is 0 Å². The van der Waals surface area contributed by atoms with Gasteiger partial charge in [-0.1, -0.05) is 28.8 Å². The van der Waals surface area contributed by atoms with Crippen LogP contribution in [0.15, 0.2) is 0 Å². The van der Waals surface area contributed by atoms with Crippen LogP contribution in [0.5, 0.6) is 0 Å². The van der Waals surface area contributed by atoms with E-state index in [1.54, 1.807) is 4.90 Å². The van der Waals surface area contributed by atoms with Crippen LogP contribution in [0, 0.1) is 17.3 Å². The second kappa shape index (κ2) is 8.58. The van der Waals surface area contributed by atoms with E-state index >= 15 is 0 Å². The van der Waals surface area contributed by atoms with Crippen molar-refractivity contribution in [3.8, 4) is 0 Å². The fraction of sp³-hybridized carbons (Fsp3) is 0.900. The molecule has 0 bridgehead atoms. The summed E-state index contributed by atoms with van der Waals surface area (Å²) in [5.74, 6) is -1.80. The van der Waals surface area contributed by atoms with Crippen LogP contribution >= 0.6 is 15.9 Å². The summed E-state index contributed by atoms with van der Waals surface area (Å²) in [6.45, 7) is 2.88. The van der Waals surface area contributed by atoms with Gasteiger partial charge in [-0.15, -0.1) is 0 Å². The van der Waals surface area contributed by atoms with Crippen molar-refractivity contribution in [3.63, 3.8) is 0 Å². The van der Waals surface area contributed by atoms with E-state index in [0.717, 1.165) is 25.9 Å². The molecule has 2 N–H and O–H groups in total. The number of halogens is 4. The summed E-state index contributed by atoms with van der Waals surface area (Å²) in [7, 11) is 0. The highest BCUT2D eigenvalue weighted by Crippen LogP contribution is 2.45. The van der Waals surface area contributed by atoms with E-state index in [-0.39, 0.29) is 35.6 Å². The summed E-state index contributed by atoms with van der Waals surface area (Å²) in [6, 6.07) is 0.0264. The van der Waals surface area contributed by atoms with E-state index in [4.69, 9.17) is 0 Å². The number of nitrogens with one attached hydrogen (secondary N) is 2.